The Balaban J connectivity index is 1.97. The number of benzene rings is 1. The first-order chi connectivity index (χ1) is 9.95. The largest absolute Gasteiger partial charge is 0.310 e. The zero-order valence-electron chi connectivity index (χ0n) is 13.8. The van der Waals surface area contributed by atoms with E-state index in [1.165, 1.54) is 12.0 Å². The van der Waals surface area contributed by atoms with Gasteiger partial charge in [0.2, 0.25) is 0 Å². The van der Waals surface area contributed by atoms with Crippen LogP contribution >= 0.6 is 0 Å². The maximum absolute atomic E-state index is 14.0. The van der Waals surface area contributed by atoms with Crippen molar-refractivity contribution in [2.75, 3.05) is 13.1 Å². The van der Waals surface area contributed by atoms with Crippen LogP contribution in [0.1, 0.15) is 45.2 Å². The van der Waals surface area contributed by atoms with Crippen molar-refractivity contribution >= 4 is 0 Å². The molecule has 1 aliphatic heterocycles. The lowest BCUT2D eigenvalue weighted by molar-refractivity contribution is 0.293. The van der Waals surface area contributed by atoms with Gasteiger partial charge in [-0.1, -0.05) is 39.8 Å². The predicted molar refractivity (Wildman–Crippen MR) is 86.6 cm³/mol. The Kier molecular flexibility index (Phi) is 5.77. The molecule has 2 nitrogen and oxygen atoms in total. The van der Waals surface area contributed by atoms with E-state index in [2.05, 4.69) is 37.9 Å². The number of hydrogen-bond acceptors (Lipinski definition) is 2. The second kappa shape index (κ2) is 7.37. The average molecular weight is 292 g/mol. The molecule has 1 heterocycles. The van der Waals surface area contributed by atoms with Crippen LogP contribution in [0.2, 0.25) is 0 Å². The van der Waals surface area contributed by atoms with Crippen LogP contribution in [0.5, 0.6) is 0 Å². The fraction of sp³-hybridized carbons (Fsp3) is 0.667. The Morgan fingerprint density at radius 3 is 2.67 bits per heavy atom. The van der Waals surface area contributed by atoms with Gasteiger partial charge in [0.15, 0.2) is 0 Å². The smallest absolute Gasteiger partial charge is 0.127 e. The quantitative estimate of drug-likeness (QED) is 0.858. The van der Waals surface area contributed by atoms with Gasteiger partial charge in [-0.2, -0.15) is 0 Å². The van der Waals surface area contributed by atoms with Crippen molar-refractivity contribution < 1.29 is 4.39 Å². The molecule has 21 heavy (non-hydrogen) atoms. The molecular weight excluding hydrogens is 263 g/mol. The number of nitrogens with zero attached hydrogens (tertiary/aromatic N) is 1. The van der Waals surface area contributed by atoms with Crippen molar-refractivity contribution in [3.63, 3.8) is 0 Å². The lowest BCUT2D eigenvalue weighted by Gasteiger charge is -2.19. The van der Waals surface area contributed by atoms with Crippen molar-refractivity contribution in [3.8, 4) is 0 Å². The topological polar surface area (TPSA) is 15.3 Å². The second-order valence-electron chi connectivity index (χ2n) is 6.99. The highest BCUT2D eigenvalue weighted by atomic mass is 19.1. The van der Waals surface area contributed by atoms with E-state index in [0.717, 1.165) is 43.6 Å². The Morgan fingerprint density at radius 1 is 1.29 bits per heavy atom. The zero-order valence-corrected chi connectivity index (χ0v) is 13.8. The molecule has 1 unspecified atom stereocenters. The molecule has 2 rings (SSSR count). The first-order valence-corrected chi connectivity index (χ1v) is 8.18. The lowest BCUT2D eigenvalue weighted by Crippen LogP contribution is -2.23. The Hall–Kier alpha value is -0.930. The van der Waals surface area contributed by atoms with Gasteiger partial charge in [0.05, 0.1) is 0 Å². The van der Waals surface area contributed by atoms with Crippen LogP contribution in [0.25, 0.3) is 0 Å². The Labute approximate surface area is 128 Å². The van der Waals surface area contributed by atoms with Crippen LogP contribution in [0.15, 0.2) is 18.2 Å². The predicted octanol–water partition coefficient (Wildman–Crippen LogP) is 3.80. The molecule has 1 aliphatic rings. The van der Waals surface area contributed by atoms with Crippen molar-refractivity contribution in [3.05, 3.63) is 35.1 Å². The number of rotatable bonds is 6. The number of halogens is 1. The summed E-state index contributed by atoms with van der Waals surface area (Å²) in [5.41, 5.74) is 2.00. The highest BCUT2D eigenvalue weighted by Crippen LogP contribution is 2.25. The van der Waals surface area contributed by atoms with Gasteiger partial charge in [0.25, 0.3) is 0 Å². The summed E-state index contributed by atoms with van der Waals surface area (Å²) in [6, 6.07) is 5.97. The van der Waals surface area contributed by atoms with Gasteiger partial charge in [0.1, 0.15) is 5.82 Å². The second-order valence-corrected chi connectivity index (χ2v) is 6.99. The third-order valence-corrected chi connectivity index (χ3v) is 4.47. The van der Waals surface area contributed by atoms with E-state index in [4.69, 9.17) is 0 Å². The molecule has 1 fully saturated rings. The maximum Gasteiger partial charge on any atom is 0.127 e. The molecule has 3 heteroatoms. The van der Waals surface area contributed by atoms with Gasteiger partial charge in [0, 0.05) is 31.2 Å². The molecule has 1 aromatic rings. The molecule has 1 N–H and O–H groups in total. The Morgan fingerprint density at radius 2 is 2.05 bits per heavy atom. The van der Waals surface area contributed by atoms with E-state index < -0.39 is 0 Å². The molecule has 0 saturated carbocycles. The van der Waals surface area contributed by atoms with Gasteiger partial charge in [-0.15, -0.1) is 0 Å². The molecule has 0 amide bonds. The summed E-state index contributed by atoms with van der Waals surface area (Å²) >= 11 is 0. The van der Waals surface area contributed by atoms with Gasteiger partial charge in [-0.25, -0.2) is 4.39 Å². The third kappa shape index (κ3) is 4.79. The van der Waals surface area contributed by atoms with Gasteiger partial charge in [-0.05, 0) is 36.4 Å². The highest BCUT2D eigenvalue weighted by Gasteiger charge is 2.25. The first-order valence-electron chi connectivity index (χ1n) is 8.18. The number of nitrogens with one attached hydrogen (secondary N) is 1. The summed E-state index contributed by atoms with van der Waals surface area (Å²) in [6.07, 6.45) is 1.24. The summed E-state index contributed by atoms with van der Waals surface area (Å²) in [7, 11) is 0. The molecule has 0 radical (unpaired) electrons. The number of hydrogen-bond donors (Lipinski definition) is 1. The third-order valence-electron chi connectivity index (χ3n) is 4.47. The van der Waals surface area contributed by atoms with Crippen LogP contribution in [0.3, 0.4) is 0 Å². The summed E-state index contributed by atoms with van der Waals surface area (Å²) in [6.45, 7) is 12.6. The van der Waals surface area contributed by atoms with E-state index in [1.54, 1.807) is 6.07 Å². The summed E-state index contributed by atoms with van der Waals surface area (Å²) < 4.78 is 14.0. The minimum Gasteiger partial charge on any atom is -0.310 e. The molecule has 118 valence electrons. The molecule has 0 spiro atoms. The standard InChI is InChI=1S/C18H29FN2/c1-13(2)16-7-8-21(11-16)12-17-9-15(5-6-18(17)19)10-20-14(3)4/h5-6,9,13-14,16,20H,7-8,10-12H2,1-4H3. The van der Waals surface area contributed by atoms with Crippen LogP contribution in [-0.2, 0) is 13.1 Å². The first kappa shape index (κ1) is 16.4. The summed E-state index contributed by atoms with van der Waals surface area (Å²) in [5, 5.41) is 3.39. The van der Waals surface area contributed by atoms with Crippen molar-refractivity contribution in [1.29, 1.82) is 0 Å². The monoisotopic (exact) mass is 292 g/mol. The van der Waals surface area contributed by atoms with Crippen LogP contribution in [0, 0.1) is 17.7 Å². The number of likely N-dealkylation sites (tertiary alicyclic amines) is 1. The van der Waals surface area contributed by atoms with E-state index in [-0.39, 0.29) is 5.82 Å². The summed E-state index contributed by atoms with van der Waals surface area (Å²) in [5.74, 6) is 1.41. The minimum atomic E-state index is -0.0729. The average Bonchev–Trinajstić information content (AvgIpc) is 2.88. The van der Waals surface area contributed by atoms with Crippen LogP contribution in [0.4, 0.5) is 4.39 Å². The van der Waals surface area contributed by atoms with Crippen molar-refractivity contribution in [2.45, 2.75) is 53.2 Å². The SMILES string of the molecule is CC(C)NCc1ccc(F)c(CN2CCC(C(C)C)C2)c1. The normalized spacial score (nSPS) is 19.9. The zero-order chi connectivity index (χ0) is 15.4. The van der Waals surface area contributed by atoms with Crippen molar-refractivity contribution in [1.82, 2.24) is 10.2 Å². The molecule has 1 atom stereocenters. The van der Waals surface area contributed by atoms with Gasteiger partial charge < -0.3 is 5.32 Å². The maximum atomic E-state index is 14.0. The van der Waals surface area contributed by atoms with Gasteiger partial charge in [-0.3, -0.25) is 4.90 Å². The van der Waals surface area contributed by atoms with E-state index >= 15 is 0 Å². The lowest BCUT2D eigenvalue weighted by atomic mass is 9.95. The van der Waals surface area contributed by atoms with E-state index in [1.807, 2.05) is 12.1 Å². The molecule has 1 saturated heterocycles. The van der Waals surface area contributed by atoms with Crippen LogP contribution < -0.4 is 5.32 Å². The summed E-state index contributed by atoms with van der Waals surface area (Å²) in [4.78, 5) is 2.39. The van der Waals surface area contributed by atoms with Crippen molar-refractivity contribution in [2.24, 2.45) is 11.8 Å². The fourth-order valence-corrected chi connectivity index (χ4v) is 2.97. The molecular formula is C18H29FN2. The molecule has 0 bridgehead atoms. The van der Waals surface area contributed by atoms with Gasteiger partial charge >= 0.3 is 0 Å². The minimum absolute atomic E-state index is 0.0729. The molecule has 1 aromatic carbocycles. The highest BCUT2D eigenvalue weighted by molar-refractivity contribution is 5.25. The molecule has 0 aliphatic carbocycles. The van der Waals surface area contributed by atoms with E-state index in [9.17, 15) is 4.39 Å². The van der Waals surface area contributed by atoms with Crippen LogP contribution in [-0.4, -0.2) is 24.0 Å². The Bertz CT molecular complexity index is 457. The molecule has 0 aromatic heterocycles. The fourth-order valence-electron chi connectivity index (χ4n) is 2.97. The van der Waals surface area contributed by atoms with E-state index in [0.29, 0.717) is 6.04 Å².